The Morgan fingerprint density at radius 3 is 2.54 bits per heavy atom. The molecule has 0 heterocycles. The summed E-state index contributed by atoms with van der Waals surface area (Å²) in [4.78, 5) is 0. The van der Waals surface area contributed by atoms with Gasteiger partial charge in [0.25, 0.3) is 0 Å². The minimum atomic E-state index is -0.115. The first-order chi connectivity index (χ1) is 6.05. The van der Waals surface area contributed by atoms with Crippen molar-refractivity contribution in [3.63, 3.8) is 0 Å². The Kier molecular flexibility index (Phi) is 3.74. The van der Waals surface area contributed by atoms with Crippen LogP contribution in [0.1, 0.15) is 52.9 Å². The Bertz CT molecular complexity index is 156. The summed E-state index contributed by atoms with van der Waals surface area (Å²) in [7, 11) is 0. The lowest BCUT2D eigenvalue weighted by Gasteiger charge is -2.31. The first-order valence-electron chi connectivity index (χ1n) is 5.51. The van der Waals surface area contributed by atoms with Crippen molar-refractivity contribution in [2.24, 2.45) is 0 Å². The monoisotopic (exact) mass is 185 g/mol. The highest BCUT2D eigenvalue weighted by Gasteiger charge is 2.29. The van der Waals surface area contributed by atoms with E-state index in [2.05, 4.69) is 26.1 Å². The van der Waals surface area contributed by atoms with E-state index in [-0.39, 0.29) is 11.6 Å². The van der Waals surface area contributed by atoms with Crippen LogP contribution in [0.4, 0.5) is 0 Å². The second-order valence-corrected chi connectivity index (χ2v) is 4.88. The molecule has 0 spiro atoms. The molecule has 1 aliphatic carbocycles. The molecule has 2 unspecified atom stereocenters. The molecule has 0 aromatic heterocycles. The lowest BCUT2D eigenvalue weighted by atomic mass is 9.97. The van der Waals surface area contributed by atoms with E-state index in [0.29, 0.717) is 6.04 Å². The summed E-state index contributed by atoms with van der Waals surface area (Å²) < 4.78 is 0. The molecule has 2 heteroatoms. The number of aliphatic hydroxyl groups is 1. The predicted molar refractivity (Wildman–Crippen MR) is 55.8 cm³/mol. The molecule has 1 rings (SSSR count). The van der Waals surface area contributed by atoms with E-state index in [1.807, 2.05) is 0 Å². The minimum absolute atomic E-state index is 0.115. The molecule has 2 atom stereocenters. The molecule has 0 aromatic rings. The third-order valence-corrected chi connectivity index (χ3v) is 2.93. The summed E-state index contributed by atoms with van der Waals surface area (Å²) >= 11 is 0. The van der Waals surface area contributed by atoms with Gasteiger partial charge in [-0.25, -0.2) is 0 Å². The number of hydrogen-bond donors (Lipinski definition) is 2. The van der Waals surface area contributed by atoms with Gasteiger partial charge in [-0.15, -0.1) is 0 Å². The molecule has 1 aliphatic rings. The van der Waals surface area contributed by atoms with Crippen LogP contribution >= 0.6 is 0 Å². The van der Waals surface area contributed by atoms with Gasteiger partial charge in [0.2, 0.25) is 0 Å². The van der Waals surface area contributed by atoms with Crippen molar-refractivity contribution < 1.29 is 5.11 Å². The Morgan fingerprint density at radius 1 is 1.38 bits per heavy atom. The van der Waals surface area contributed by atoms with Crippen LogP contribution in [0, 0.1) is 0 Å². The minimum Gasteiger partial charge on any atom is -0.392 e. The van der Waals surface area contributed by atoms with Crippen LogP contribution in [-0.4, -0.2) is 22.8 Å². The fourth-order valence-electron chi connectivity index (χ4n) is 2.31. The maximum Gasteiger partial charge on any atom is 0.0693 e. The molecular weight excluding hydrogens is 162 g/mol. The maximum absolute atomic E-state index is 9.66. The van der Waals surface area contributed by atoms with Gasteiger partial charge in [0, 0.05) is 11.6 Å². The summed E-state index contributed by atoms with van der Waals surface area (Å²) in [5.74, 6) is 0. The number of aliphatic hydroxyl groups excluding tert-OH is 1. The quantitative estimate of drug-likeness (QED) is 0.702. The molecule has 0 radical (unpaired) electrons. The lowest BCUT2D eigenvalue weighted by molar-refractivity contribution is 0.130. The van der Waals surface area contributed by atoms with Gasteiger partial charge in [0.15, 0.2) is 0 Å². The van der Waals surface area contributed by atoms with Gasteiger partial charge in [-0.05, 0) is 39.5 Å². The molecule has 13 heavy (non-hydrogen) atoms. The summed E-state index contributed by atoms with van der Waals surface area (Å²) in [6, 6.07) is 0.335. The van der Waals surface area contributed by atoms with Gasteiger partial charge in [-0.3, -0.25) is 0 Å². The molecule has 0 aliphatic heterocycles. The van der Waals surface area contributed by atoms with Crippen molar-refractivity contribution in [2.45, 2.75) is 70.6 Å². The Balaban J connectivity index is 2.37. The standard InChI is InChI=1S/C11H23NO/c1-4-8-11(2,3)12-9-6-5-7-10(9)13/h9-10,12-13H,4-8H2,1-3H3. The van der Waals surface area contributed by atoms with Crippen molar-refractivity contribution in [1.29, 1.82) is 0 Å². The lowest BCUT2D eigenvalue weighted by Crippen LogP contribution is -2.48. The zero-order valence-electron chi connectivity index (χ0n) is 9.14. The van der Waals surface area contributed by atoms with Crippen LogP contribution < -0.4 is 5.32 Å². The van der Waals surface area contributed by atoms with Crippen molar-refractivity contribution >= 4 is 0 Å². The van der Waals surface area contributed by atoms with Gasteiger partial charge in [0.1, 0.15) is 0 Å². The van der Waals surface area contributed by atoms with Crippen molar-refractivity contribution in [3.05, 3.63) is 0 Å². The summed E-state index contributed by atoms with van der Waals surface area (Å²) in [6.45, 7) is 6.65. The average molecular weight is 185 g/mol. The zero-order chi connectivity index (χ0) is 9.90. The Hall–Kier alpha value is -0.0800. The van der Waals surface area contributed by atoms with Crippen molar-refractivity contribution in [1.82, 2.24) is 5.32 Å². The summed E-state index contributed by atoms with van der Waals surface area (Å²) in [6.07, 6.45) is 5.53. The van der Waals surface area contributed by atoms with Gasteiger partial charge in [-0.2, -0.15) is 0 Å². The van der Waals surface area contributed by atoms with E-state index >= 15 is 0 Å². The summed E-state index contributed by atoms with van der Waals surface area (Å²) in [5, 5.41) is 13.2. The normalized spacial score (nSPS) is 29.5. The topological polar surface area (TPSA) is 32.3 Å². The van der Waals surface area contributed by atoms with Crippen LogP contribution in [0.25, 0.3) is 0 Å². The van der Waals surface area contributed by atoms with Gasteiger partial charge < -0.3 is 10.4 Å². The van der Waals surface area contributed by atoms with E-state index in [4.69, 9.17) is 0 Å². The largest absolute Gasteiger partial charge is 0.392 e. The SMILES string of the molecule is CCCC(C)(C)NC1CCCC1O. The van der Waals surface area contributed by atoms with Crippen LogP contribution in [0.3, 0.4) is 0 Å². The Labute approximate surface area is 81.7 Å². The second-order valence-electron chi connectivity index (χ2n) is 4.88. The second kappa shape index (κ2) is 4.43. The fraction of sp³-hybridized carbons (Fsp3) is 1.00. The molecule has 0 amide bonds. The van der Waals surface area contributed by atoms with E-state index in [1.54, 1.807) is 0 Å². The van der Waals surface area contributed by atoms with Crippen LogP contribution in [0.15, 0.2) is 0 Å². The van der Waals surface area contributed by atoms with E-state index < -0.39 is 0 Å². The van der Waals surface area contributed by atoms with Gasteiger partial charge in [-0.1, -0.05) is 13.3 Å². The highest BCUT2D eigenvalue weighted by molar-refractivity contribution is 4.89. The van der Waals surface area contributed by atoms with Gasteiger partial charge >= 0.3 is 0 Å². The summed E-state index contributed by atoms with van der Waals surface area (Å²) in [5.41, 5.74) is 0.185. The highest BCUT2D eigenvalue weighted by Crippen LogP contribution is 2.22. The fourth-order valence-corrected chi connectivity index (χ4v) is 2.31. The third kappa shape index (κ3) is 3.28. The first kappa shape index (κ1) is 11.0. The van der Waals surface area contributed by atoms with Crippen molar-refractivity contribution in [2.75, 3.05) is 0 Å². The molecule has 2 N–H and O–H groups in total. The molecule has 2 nitrogen and oxygen atoms in total. The average Bonchev–Trinajstić information content (AvgIpc) is 2.35. The number of nitrogens with one attached hydrogen (secondary N) is 1. The Morgan fingerprint density at radius 2 is 2.08 bits per heavy atom. The van der Waals surface area contributed by atoms with Gasteiger partial charge in [0.05, 0.1) is 6.10 Å². The van der Waals surface area contributed by atoms with Crippen molar-refractivity contribution in [3.8, 4) is 0 Å². The molecule has 0 bridgehead atoms. The molecule has 0 saturated heterocycles. The van der Waals surface area contributed by atoms with E-state index in [9.17, 15) is 5.11 Å². The van der Waals surface area contributed by atoms with E-state index in [0.717, 1.165) is 12.8 Å². The molecule has 78 valence electrons. The third-order valence-electron chi connectivity index (χ3n) is 2.93. The molecular formula is C11H23NO. The molecule has 1 fully saturated rings. The van der Waals surface area contributed by atoms with E-state index in [1.165, 1.54) is 19.3 Å². The molecule has 1 saturated carbocycles. The molecule has 0 aromatic carbocycles. The number of hydrogen-bond acceptors (Lipinski definition) is 2. The number of rotatable bonds is 4. The first-order valence-corrected chi connectivity index (χ1v) is 5.51. The van der Waals surface area contributed by atoms with Crippen LogP contribution in [-0.2, 0) is 0 Å². The smallest absolute Gasteiger partial charge is 0.0693 e. The zero-order valence-corrected chi connectivity index (χ0v) is 9.14. The van der Waals surface area contributed by atoms with Crippen LogP contribution in [0.2, 0.25) is 0 Å². The van der Waals surface area contributed by atoms with Crippen LogP contribution in [0.5, 0.6) is 0 Å². The highest BCUT2D eigenvalue weighted by atomic mass is 16.3. The maximum atomic E-state index is 9.66. The predicted octanol–water partition coefficient (Wildman–Crippen LogP) is 2.07.